The quantitative estimate of drug-likeness (QED) is 0.706. The van der Waals surface area contributed by atoms with Crippen molar-refractivity contribution in [3.63, 3.8) is 0 Å². The van der Waals surface area contributed by atoms with E-state index in [4.69, 9.17) is 5.73 Å². The summed E-state index contributed by atoms with van der Waals surface area (Å²) in [7, 11) is 2.07. The van der Waals surface area contributed by atoms with Gasteiger partial charge in [-0.1, -0.05) is 12.1 Å². The van der Waals surface area contributed by atoms with E-state index >= 15 is 0 Å². The van der Waals surface area contributed by atoms with Crippen molar-refractivity contribution >= 4 is 16.6 Å². The second-order valence-corrected chi connectivity index (χ2v) is 4.66. The van der Waals surface area contributed by atoms with Crippen molar-refractivity contribution in [2.24, 2.45) is 7.05 Å². The number of rotatable bonds is 1. The molecule has 2 heterocycles. The first-order valence-electron chi connectivity index (χ1n) is 5.92. The van der Waals surface area contributed by atoms with Crippen LogP contribution in [0.2, 0.25) is 0 Å². The maximum Gasteiger partial charge on any atom is 0.0507 e. The Morgan fingerprint density at radius 3 is 2.72 bits per heavy atom. The monoisotopic (exact) mass is 237 g/mol. The van der Waals surface area contributed by atoms with Crippen LogP contribution in [0, 0.1) is 6.92 Å². The number of nitrogens with zero attached hydrogens (tertiary/aromatic N) is 2. The summed E-state index contributed by atoms with van der Waals surface area (Å²) in [6.07, 6.45) is 3.51. The summed E-state index contributed by atoms with van der Waals surface area (Å²) >= 11 is 0. The average molecular weight is 237 g/mol. The summed E-state index contributed by atoms with van der Waals surface area (Å²) in [6.45, 7) is 2.11. The number of nitrogen functional groups attached to an aromatic ring is 1. The zero-order valence-corrected chi connectivity index (χ0v) is 10.5. The molecule has 0 atom stereocenters. The Balaban J connectivity index is 2.27. The molecule has 0 spiro atoms. The van der Waals surface area contributed by atoms with Crippen molar-refractivity contribution < 1.29 is 0 Å². The Morgan fingerprint density at radius 2 is 1.94 bits per heavy atom. The van der Waals surface area contributed by atoms with Gasteiger partial charge in [-0.15, -0.1) is 0 Å². The molecule has 0 bridgehead atoms. The Morgan fingerprint density at radius 1 is 1.11 bits per heavy atom. The van der Waals surface area contributed by atoms with Gasteiger partial charge in [-0.2, -0.15) is 0 Å². The van der Waals surface area contributed by atoms with Gasteiger partial charge in [0.05, 0.1) is 11.4 Å². The predicted octanol–water partition coefficient (Wildman–Crippen LogP) is 3.13. The second-order valence-electron chi connectivity index (χ2n) is 4.66. The minimum atomic E-state index is 0.689. The third-order valence-electron chi connectivity index (χ3n) is 3.26. The van der Waals surface area contributed by atoms with Crippen LogP contribution in [0.5, 0.6) is 0 Å². The molecular weight excluding hydrogens is 222 g/mol. The van der Waals surface area contributed by atoms with Gasteiger partial charge in [0.2, 0.25) is 0 Å². The molecule has 0 unspecified atom stereocenters. The molecule has 2 aromatic heterocycles. The summed E-state index contributed by atoms with van der Waals surface area (Å²) in [5, 5.41) is 1.24. The molecule has 3 heteroatoms. The molecule has 0 saturated carbocycles. The van der Waals surface area contributed by atoms with E-state index in [2.05, 4.69) is 47.8 Å². The van der Waals surface area contributed by atoms with E-state index in [1.54, 1.807) is 6.20 Å². The van der Waals surface area contributed by atoms with Crippen molar-refractivity contribution in [1.82, 2.24) is 9.55 Å². The molecule has 0 fully saturated rings. The highest BCUT2D eigenvalue weighted by molar-refractivity contribution is 5.87. The standard InChI is InChI=1S/C15H15N3/c1-10-3-4-11-7-15(18(2)14(11)5-10)12-6-13(16)9-17-8-12/h3-9H,16H2,1-2H3. The van der Waals surface area contributed by atoms with Crippen LogP contribution in [0.4, 0.5) is 5.69 Å². The molecule has 1 aromatic carbocycles. The van der Waals surface area contributed by atoms with E-state index < -0.39 is 0 Å². The van der Waals surface area contributed by atoms with E-state index in [1.165, 1.54) is 16.5 Å². The normalized spacial score (nSPS) is 11.0. The molecule has 90 valence electrons. The van der Waals surface area contributed by atoms with Crippen LogP contribution >= 0.6 is 0 Å². The number of hydrogen-bond donors (Lipinski definition) is 1. The van der Waals surface area contributed by atoms with Crippen LogP contribution in [-0.2, 0) is 7.05 Å². The molecule has 3 rings (SSSR count). The average Bonchev–Trinajstić information content (AvgIpc) is 2.67. The molecule has 0 aliphatic rings. The summed E-state index contributed by atoms with van der Waals surface area (Å²) in [5.74, 6) is 0. The fourth-order valence-electron chi connectivity index (χ4n) is 2.31. The lowest BCUT2D eigenvalue weighted by molar-refractivity contribution is 0.976. The van der Waals surface area contributed by atoms with Gasteiger partial charge in [-0.3, -0.25) is 4.98 Å². The van der Waals surface area contributed by atoms with E-state index in [0.717, 1.165) is 11.3 Å². The lowest BCUT2D eigenvalue weighted by atomic mass is 10.1. The zero-order chi connectivity index (χ0) is 12.7. The Hall–Kier alpha value is -2.29. The van der Waals surface area contributed by atoms with E-state index in [-0.39, 0.29) is 0 Å². The van der Waals surface area contributed by atoms with Gasteiger partial charge in [-0.25, -0.2) is 0 Å². The fourth-order valence-corrected chi connectivity index (χ4v) is 2.31. The van der Waals surface area contributed by atoms with E-state index in [1.807, 2.05) is 12.3 Å². The SMILES string of the molecule is Cc1ccc2cc(-c3cncc(N)c3)n(C)c2c1. The molecule has 3 nitrogen and oxygen atoms in total. The molecule has 3 aromatic rings. The van der Waals surface area contributed by atoms with Crippen LogP contribution in [0.3, 0.4) is 0 Å². The van der Waals surface area contributed by atoms with Crippen molar-refractivity contribution in [3.05, 3.63) is 48.3 Å². The first kappa shape index (κ1) is 10.8. The minimum absolute atomic E-state index is 0.689. The van der Waals surface area contributed by atoms with Crippen molar-refractivity contribution in [2.75, 3.05) is 5.73 Å². The predicted molar refractivity (Wildman–Crippen MR) is 75.3 cm³/mol. The molecule has 2 N–H and O–H groups in total. The number of anilines is 1. The number of aromatic nitrogens is 2. The van der Waals surface area contributed by atoms with Crippen LogP contribution in [-0.4, -0.2) is 9.55 Å². The summed E-state index contributed by atoms with van der Waals surface area (Å²) in [5.41, 5.74) is 11.2. The van der Waals surface area contributed by atoms with Crippen LogP contribution in [0.25, 0.3) is 22.2 Å². The molecule has 0 radical (unpaired) electrons. The Labute approximate surface area is 106 Å². The largest absolute Gasteiger partial charge is 0.397 e. The Bertz CT molecular complexity index is 726. The number of fused-ring (bicyclic) bond motifs is 1. The van der Waals surface area contributed by atoms with Crippen LogP contribution in [0.1, 0.15) is 5.56 Å². The molecule has 18 heavy (non-hydrogen) atoms. The number of hydrogen-bond acceptors (Lipinski definition) is 2. The topological polar surface area (TPSA) is 43.8 Å². The maximum absolute atomic E-state index is 5.79. The van der Waals surface area contributed by atoms with Gasteiger partial charge >= 0.3 is 0 Å². The van der Waals surface area contributed by atoms with Gasteiger partial charge in [-0.05, 0) is 30.7 Å². The lowest BCUT2D eigenvalue weighted by Crippen LogP contribution is -1.93. The summed E-state index contributed by atoms with van der Waals surface area (Å²) in [4.78, 5) is 4.15. The molecule has 0 aliphatic carbocycles. The summed E-state index contributed by atoms with van der Waals surface area (Å²) in [6, 6.07) is 10.6. The zero-order valence-electron chi connectivity index (χ0n) is 10.5. The lowest BCUT2D eigenvalue weighted by Gasteiger charge is -2.05. The maximum atomic E-state index is 5.79. The second kappa shape index (κ2) is 3.88. The van der Waals surface area contributed by atoms with Crippen molar-refractivity contribution in [2.45, 2.75) is 6.92 Å². The van der Waals surface area contributed by atoms with Crippen LogP contribution in [0.15, 0.2) is 42.7 Å². The van der Waals surface area contributed by atoms with Crippen LogP contribution < -0.4 is 5.73 Å². The first-order valence-corrected chi connectivity index (χ1v) is 5.92. The first-order chi connectivity index (χ1) is 8.65. The molecule has 0 saturated heterocycles. The molecule has 0 aliphatic heterocycles. The third kappa shape index (κ3) is 1.64. The number of aryl methyl sites for hydroxylation is 2. The fraction of sp³-hybridized carbons (Fsp3) is 0.133. The van der Waals surface area contributed by atoms with Gasteiger partial charge in [0.1, 0.15) is 0 Å². The van der Waals surface area contributed by atoms with Crippen molar-refractivity contribution in [1.29, 1.82) is 0 Å². The number of nitrogens with two attached hydrogens (primary N) is 1. The Kier molecular flexibility index (Phi) is 2.33. The minimum Gasteiger partial charge on any atom is -0.397 e. The van der Waals surface area contributed by atoms with E-state index in [9.17, 15) is 0 Å². The van der Waals surface area contributed by atoms with E-state index in [0.29, 0.717) is 5.69 Å². The van der Waals surface area contributed by atoms with Gasteiger partial charge in [0.25, 0.3) is 0 Å². The van der Waals surface area contributed by atoms with Crippen molar-refractivity contribution in [3.8, 4) is 11.3 Å². The number of pyridine rings is 1. The molecular formula is C15H15N3. The van der Waals surface area contributed by atoms with Gasteiger partial charge in [0, 0.05) is 35.9 Å². The highest BCUT2D eigenvalue weighted by Gasteiger charge is 2.08. The van der Waals surface area contributed by atoms with Gasteiger partial charge < -0.3 is 10.3 Å². The molecule has 0 amide bonds. The third-order valence-corrected chi connectivity index (χ3v) is 3.26. The highest BCUT2D eigenvalue weighted by atomic mass is 14.9. The number of benzene rings is 1. The highest BCUT2D eigenvalue weighted by Crippen LogP contribution is 2.28. The summed E-state index contributed by atoms with van der Waals surface area (Å²) < 4.78 is 2.18. The van der Waals surface area contributed by atoms with Gasteiger partial charge in [0.15, 0.2) is 0 Å². The smallest absolute Gasteiger partial charge is 0.0507 e.